The Bertz CT molecular complexity index is 1710. The normalized spacial score (nSPS) is 14.8. The minimum absolute atomic E-state index is 0.0303. The summed E-state index contributed by atoms with van der Waals surface area (Å²) >= 11 is 6.54. The molecule has 218 valence electrons. The van der Waals surface area contributed by atoms with Crippen LogP contribution >= 0.6 is 11.6 Å². The van der Waals surface area contributed by atoms with Crippen LogP contribution in [0, 0.1) is 5.82 Å². The van der Waals surface area contributed by atoms with Crippen LogP contribution in [-0.4, -0.2) is 45.0 Å². The van der Waals surface area contributed by atoms with Crippen molar-refractivity contribution >= 4 is 40.2 Å². The van der Waals surface area contributed by atoms with Crippen molar-refractivity contribution in [2.24, 2.45) is 4.99 Å². The fourth-order valence-corrected chi connectivity index (χ4v) is 5.84. The van der Waals surface area contributed by atoms with Gasteiger partial charge >= 0.3 is 0 Å². The van der Waals surface area contributed by atoms with Crippen LogP contribution in [0.4, 0.5) is 20.4 Å². The number of hydrogen-bond acceptors (Lipinski definition) is 6. The van der Waals surface area contributed by atoms with E-state index in [1.165, 1.54) is 6.07 Å². The number of anilines is 2. The molecule has 5 rings (SSSR count). The monoisotopic (exact) mass is 590 g/mol. The van der Waals surface area contributed by atoms with Gasteiger partial charge in [0.15, 0.2) is 5.97 Å². The smallest absolute Gasteiger partial charge is 0.260 e. The first-order valence-corrected chi connectivity index (χ1v) is 14.5. The molecule has 0 aliphatic carbocycles. The van der Waals surface area contributed by atoms with E-state index in [0.29, 0.717) is 45.0 Å². The molecule has 0 unspecified atom stereocenters. The molecule has 4 aromatic rings. The highest BCUT2D eigenvalue weighted by atomic mass is 35.5. The Hall–Kier alpha value is -3.95. The molecule has 10 heteroatoms. The molecule has 3 heterocycles. The number of pyridine rings is 1. The van der Waals surface area contributed by atoms with Crippen molar-refractivity contribution in [2.75, 3.05) is 25.0 Å². The molecule has 42 heavy (non-hydrogen) atoms. The summed E-state index contributed by atoms with van der Waals surface area (Å²) in [5.74, 6) is -0.361. The lowest BCUT2D eigenvalue weighted by Crippen LogP contribution is -2.32. The lowest BCUT2D eigenvalue weighted by molar-refractivity contribution is 0.220. The van der Waals surface area contributed by atoms with Crippen LogP contribution in [0.1, 0.15) is 43.7 Å². The summed E-state index contributed by atoms with van der Waals surface area (Å²) in [7, 11) is 0. The predicted octanol–water partition coefficient (Wildman–Crippen LogP) is 7.27. The van der Waals surface area contributed by atoms with E-state index in [2.05, 4.69) is 38.7 Å². The molecule has 1 N–H and O–H groups in total. The Morgan fingerprint density at radius 2 is 1.93 bits per heavy atom. The first kappa shape index (κ1) is 29.5. The molecular formula is C32H33ClF2N6O. The van der Waals surface area contributed by atoms with Gasteiger partial charge in [0.25, 0.3) is 5.56 Å². The topological polar surface area (TPSA) is 75.4 Å². The second kappa shape index (κ2) is 12.9. The van der Waals surface area contributed by atoms with Crippen LogP contribution in [-0.2, 0) is 13.0 Å². The molecule has 2 aromatic heterocycles. The number of rotatable bonds is 9. The largest absolute Gasteiger partial charge is 0.324 e. The number of aromatic nitrogens is 3. The minimum atomic E-state index is -0.583. The fraction of sp³-hybridized carbons (Fsp3) is 0.312. The summed E-state index contributed by atoms with van der Waals surface area (Å²) < 4.78 is 30.5. The van der Waals surface area contributed by atoms with Gasteiger partial charge in [0.05, 0.1) is 0 Å². The number of aryl methyl sites for hydroxylation is 1. The van der Waals surface area contributed by atoms with E-state index in [1.807, 2.05) is 19.1 Å². The highest BCUT2D eigenvalue weighted by molar-refractivity contribution is 6.33. The van der Waals surface area contributed by atoms with Crippen LogP contribution in [0.15, 0.2) is 71.2 Å². The third-order valence-electron chi connectivity index (χ3n) is 7.78. The molecule has 0 amide bonds. The van der Waals surface area contributed by atoms with Gasteiger partial charge in [0.1, 0.15) is 11.5 Å². The van der Waals surface area contributed by atoms with Crippen LogP contribution in [0.2, 0.25) is 5.02 Å². The predicted molar refractivity (Wildman–Crippen MR) is 166 cm³/mol. The van der Waals surface area contributed by atoms with Gasteiger partial charge in [0.2, 0.25) is 5.95 Å². The van der Waals surface area contributed by atoms with E-state index in [-0.39, 0.29) is 29.7 Å². The van der Waals surface area contributed by atoms with Crippen molar-refractivity contribution < 1.29 is 8.78 Å². The molecule has 0 spiro atoms. The van der Waals surface area contributed by atoms with Gasteiger partial charge in [-0.25, -0.2) is 14.4 Å². The Kier molecular flexibility index (Phi) is 9.09. The average molecular weight is 591 g/mol. The molecule has 1 aliphatic heterocycles. The van der Waals surface area contributed by atoms with Crippen molar-refractivity contribution in [3.8, 4) is 11.1 Å². The van der Waals surface area contributed by atoms with Crippen LogP contribution < -0.4 is 10.9 Å². The van der Waals surface area contributed by atoms with Gasteiger partial charge in [-0.05, 0) is 80.7 Å². The molecule has 1 aliphatic rings. The van der Waals surface area contributed by atoms with Crippen molar-refractivity contribution in [3.63, 3.8) is 0 Å². The summed E-state index contributed by atoms with van der Waals surface area (Å²) in [5, 5.41) is 4.04. The van der Waals surface area contributed by atoms with E-state index < -0.39 is 5.97 Å². The summed E-state index contributed by atoms with van der Waals surface area (Å²) in [6.45, 7) is 10.7. The number of fused-ring (bicyclic) bond motifs is 1. The lowest BCUT2D eigenvalue weighted by Gasteiger charge is -2.31. The number of halogens is 3. The Morgan fingerprint density at radius 1 is 1.14 bits per heavy atom. The second-order valence-corrected chi connectivity index (χ2v) is 10.7. The van der Waals surface area contributed by atoms with Crippen molar-refractivity contribution in [1.82, 2.24) is 19.4 Å². The Balaban J connectivity index is 1.41. The molecule has 2 aromatic carbocycles. The zero-order chi connectivity index (χ0) is 29.8. The first-order valence-electron chi connectivity index (χ1n) is 14.1. The Labute approximate surface area is 248 Å². The zero-order valence-corrected chi connectivity index (χ0v) is 24.5. The van der Waals surface area contributed by atoms with Gasteiger partial charge in [0, 0.05) is 52.6 Å². The van der Waals surface area contributed by atoms with E-state index >= 15 is 4.39 Å². The molecule has 0 radical (unpaired) electrons. The number of piperidine rings is 1. The Morgan fingerprint density at radius 3 is 2.60 bits per heavy atom. The summed E-state index contributed by atoms with van der Waals surface area (Å²) in [5.41, 5.74) is 2.97. The SMILES string of the molecule is C=C/N=C(/F)Cc1ccc(-c2cc3cnc(Nc4ccc(C5CCN(CC)CC5)c(F)c4)nc3n(CC)c2=O)c(Cl)c1. The van der Waals surface area contributed by atoms with E-state index in [1.54, 1.807) is 35.0 Å². The molecule has 1 fully saturated rings. The highest BCUT2D eigenvalue weighted by Crippen LogP contribution is 2.32. The summed E-state index contributed by atoms with van der Waals surface area (Å²) in [6.07, 6.45) is 4.62. The van der Waals surface area contributed by atoms with E-state index in [9.17, 15) is 9.18 Å². The van der Waals surface area contributed by atoms with Crippen LogP contribution in [0.5, 0.6) is 0 Å². The highest BCUT2D eigenvalue weighted by Gasteiger charge is 2.22. The van der Waals surface area contributed by atoms with Gasteiger partial charge in [-0.2, -0.15) is 9.37 Å². The first-order chi connectivity index (χ1) is 20.3. The van der Waals surface area contributed by atoms with Gasteiger partial charge < -0.3 is 10.2 Å². The summed E-state index contributed by atoms with van der Waals surface area (Å²) in [6, 6.07) is 11.9. The number of likely N-dealkylation sites (tertiary alicyclic amines) is 1. The van der Waals surface area contributed by atoms with E-state index in [0.717, 1.165) is 44.2 Å². The molecule has 7 nitrogen and oxygen atoms in total. The minimum Gasteiger partial charge on any atom is -0.324 e. The third-order valence-corrected chi connectivity index (χ3v) is 8.09. The second-order valence-electron chi connectivity index (χ2n) is 10.3. The van der Waals surface area contributed by atoms with Crippen molar-refractivity contribution in [2.45, 2.75) is 45.6 Å². The average Bonchev–Trinajstić information content (AvgIpc) is 2.98. The van der Waals surface area contributed by atoms with Gasteiger partial charge in [-0.15, -0.1) is 0 Å². The van der Waals surface area contributed by atoms with Gasteiger partial charge in [-0.3, -0.25) is 9.36 Å². The summed E-state index contributed by atoms with van der Waals surface area (Å²) in [4.78, 5) is 28.5. The lowest BCUT2D eigenvalue weighted by atomic mass is 9.89. The maximum atomic E-state index is 15.1. The maximum Gasteiger partial charge on any atom is 0.260 e. The van der Waals surface area contributed by atoms with Crippen LogP contribution in [0.25, 0.3) is 22.2 Å². The molecule has 0 atom stereocenters. The molecule has 1 saturated heterocycles. The van der Waals surface area contributed by atoms with E-state index in [4.69, 9.17) is 11.6 Å². The number of nitrogens with zero attached hydrogens (tertiary/aromatic N) is 5. The van der Waals surface area contributed by atoms with Crippen molar-refractivity contribution in [3.05, 3.63) is 93.8 Å². The fourth-order valence-electron chi connectivity index (χ4n) is 5.53. The number of aliphatic imine (C=N–C) groups is 1. The zero-order valence-electron chi connectivity index (χ0n) is 23.7. The molecule has 0 saturated carbocycles. The number of nitrogens with one attached hydrogen (secondary N) is 1. The standard InChI is InChI=1S/C32H33ClF2N6O/c1-4-36-29(35)16-20-7-9-25(27(33)15-20)26-17-22-19-37-32(39-30(22)41(6-3)31(26)42)38-23-8-10-24(28(34)18-23)21-11-13-40(5-2)14-12-21/h4,7-10,15,17-19,21H,1,5-6,11-14,16H2,2-3H3,(H,37,38,39)/b36-29+. The number of benzene rings is 2. The van der Waals surface area contributed by atoms with Gasteiger partial charge in [-0.1, -0.05) is 43.3 Å². The molecular weight excluding hydrogens is 558 g/mol. The quantitative estimate of drug-likeness (QED) is 0.208. The van der Waals surface area contributed by atoms with Crippen LogP contribution in [0.3, 0.4) is 0 Å². The molecule has 0 bridgehead atoms. The van der Waals surface area contributed by atoms with Crippen molar-refractivity contribution in [1.29, 1.82) is 0 Å². The maximum absolute atomic E-state index is 15.1. The number of hydrogen-bond donors (Lipinski definition) is 1. The third kappa shape index (κ3) is 6.27.